The van der Waals surface area contributed by atoms with E-state index in [1.807, 2.05) is 18.2 Å². The lowest BCUT2D eigenvalue weighted by Crippen LogP contribution is -2.33. The monoisotopic (exact) mass is 363 g/mol. The lowest BCUT2D eigenvalue weighted by molar-refractivity contribution is 0.0953. The third kappa shape index (κ3) is 6.01. The second-order valence-corrected chi connectivity index (χ2v) is 5.88. The normalized spacial score (nSPS) is 10.6. The van der Waals surface area contributed by atoms with Gasteiger partial charge >= 0.3 is 0 Å². The van der Waals surface area contributed by atoms with Crippen LogP contribution in [0.3, 0.4) is 0 Å². The minimum atomic E-state index is -0.221. The second-order valence-electron chi connectivity index (χ2n) is 5.47. The SMILES string of the molecule is COCCNCCNC(=O)c1ccc(=O)n(Cc2ccccc2Cl)c1. The molecule has 0 aliphatic rings. The van der Waals surface area contributed by atoms with Crippen LogP contribution >= 0.6 is 11.6 Å². The Balaban J connectivity index is 1.97. The highest BCUT2D eigenvalue weighted by Crippen LogP contribution is 2.15. The Morgan fingerprint density at radius 1 is 1.16 bits per heavy atom. The van der Waals surface area contributed by atoms with Gasteiger partial charge in [-0.3, -0.25) is 9.59 Å². The molecule has 6 nitrogen and oxygen atoms in total. The van der Waals surface area contributed by atoms with Crippen LogP contribution in [-0.4, -0.2) is 43.8 Å². The first kappa shape index (κ1) is 19.2. The Hall–Kier alpha value is -2.15. The highest BCUT2D eigenvalue weighted by molar-refractivity contribution is 6.31. The molecule has 0 unspecified atom stereocenters. The zero-order valence-electron chi connectivity index (χ0n) is 14.1. The molecular weight excluding hydrogens is 342 g/mol. The molecule has 134 valence electrons. The Kier molecular flexibility index (Phi) is 7.66. The molecule has 0 atom stereocenters. The van der Waals surface area contributed by atoms with Gasteiger partial charge in [0.1, 0.15) is 0 Å². The van der Waals surface area contributed by atoms with Gasteiger partial charge in [-0.05, 0) is 17.7 Å². The third-order valence-electron chi connectivity index (χ3n) is 3.61. The summed E-state index contributed by atoms with van der Waals surface area (Å²) in [5, 5.41) is 6.55. The summed E-state index contributed by atoms with van der Waals surface area (Å²) in [6.07, 6.45) is 1.55. The van der Waals surface area contributed by atoms with Crippen molar-refractivity contribution in [2.75, 3.05) is 33.4 Å². The number of benzene rings is 1. The van der Waals surface area contributed by atoms with Crippen LogP contribution < -0.4 is 16.2 Å². The second kappa shape index (κ2) is 9.98. The number of carbonyl (C=O) groups is 1. The number of hydrogen-bond donors (Lipinski definition) is 2. The van der Waals surface area contributed by atoms with Gasteiger partial charge < -0.3 is 19.9 Å². The number of halogens is 1. The van der Waals surface area contributed by atoms with Crippen LogP contribution in [0.5, 0.6) is 0 Å². The summed E-state index contributed by atoms with van der Waals surface area (Å²) in [4.78, 5) is 24.2. The van der Waals surface area contributed by atoms with Crippen molar-refractivity contribution in [1.29, 1.82) is 0 Å². The molecule has 0 spiro atoms. The first-order valence-corrected chi connectivity index (χ1v) is 8.41. The lowest BCUT2D eigenvalue weighted by Gasteiger charge is -2.10. The number of rotatable bonds is 9. The van der Waals surface area contributed by atoms with Crippen molar-refractivity contribution in [2.45, 2.75) is 6.54 Å². The molecule has 0 aliphatic carbocycles. The van der Waals surface area contributed by atoms with Gasteiger partial charge in [0, 0.05) is 44.0 Å². The van der Waals surface area contributed by atoms with Gasteiger partial charge in [-0.2, -0.15) is 0 Å². The summed E-state index contributed by atoms with van der Waals surface area (Å²) in [7, 11) is 1.64. The van der Waals surface area contributed by atoms with E-state index in [0.717, 1.165) is 12.1 Å². The predicted molar refractivity (Wildman–Crippen MR) is 98.3 cm³/mol. The van der Waals surface area contributed by atoms with E-state index in [4.69, 9.17) is 16.3 Å². The Morgan fingerprint density at radius 3 is 2.72 bits per heavy atom. The van der Waals surface area contributed by atoms with Gasteiger partial charge in [-0.1, -0.05) is 29.8 Å². The molecule has 1 heterocycles. The maximum absolute atomic E-state index is 12.2. The van der Waals surface area contributed by atoms with E-state index in [9.17, 15) is 9.59 Å². The fourth-order valence-electron chi connectivity index (χ4n) is 2.27. The molecule has 1 amide bonds. The summed E-state index contributed by atoms with van der Waals surface area (Å²) in [5.74, 6) is -0.221. The highest BCUT2D eigenvalue weighted by Gasteiger charge is 2.08. The number of methoxy groups -OCH3 is 1. The maximum Gasteiger partial charge on any atom is 0.252 e. The molecule has 1 aromatic heterocycles. The molecular formula is C18H22ClN3O3. The third-order valence-corrected chi connectivity index (χ3v) is 3.98. The van der Waals surface area contributed by atoms with E-state index >= 15 is 0 Å². The average molecular weight is 364 g/mol. The molecule has 1 aromatic carbocycles. The van der Waals surface area contributed by atoms with Gasteiger partial charge in [0.15, 0.2) is 0 Å². The van der Waals surface area contributed by atoms with Crippen molar-refractivity contribution < 1.29 is 9.53 Å². The molecule has 2 rings (SSSR count). The molecule has 2 N–H and O–H groups in total. The fraction of sp³-hybridized carbons (Fsp3) is 0.333. The smallest absolute Gasteiger partial charge is 0.252 e. The summed E-state index contributed by atoms with van der Waals surface area (Å²) in [6.45, 7) is 2.81. The maximum atomic E-state index is 12.2. The van der Waals surface area contributed by atoms with E-state index < -0.39 is 0 Å². The van der Waals surface area contributed by atoms with Crippen LogP contribution in [0.1, 0.15) is 15.9 Å². The van der Waals surface area contributed by atoms with Gasteiger partial charge in [-0.25, -0.2) is 0 Å². The number of pyridine rings is 1. The van der Waals surface area contributed by atoms with Gasteiger partial charge in [0.2, 0.25) is 0 Å². The van der Waals surface area contributed by atoms with Crippen LogP contribution in [-0.2, 0) is 11.3 Å². The molecule has 25 heavy (non-hydrogen) atoms. The van der Waals surface area contributed by atoms with Crippen molar-refractivity contribution in [2.24, 2.45) is 0 Å². The molecule has 0 radical (unpaired) electrons. The Labute approximate surface area is 151 Å². The summed E-state index contributed by atoms with van der Waals surface area (Å²) in [6, 6.07) is 10.2. The molecule has 2 aromatic rings. The van der Waals surface area contributed by atoms with Gasteiger partial charge in [-0.15, -0.1) is 0 Å². The van der Waals surface area contributed by atoms with E-state index in [2.05, 4.69) is 10.6 Å². The van der Waals surface area contributed by atoms with Crippen molar-refractivity contribution in [3.05, 3.63) is 69.1 Å². The molecule has 0 bridgehead atoms. The van der Waals surface area contributed by atoms with Crippen LogP contribution in [0.4, 0.5) is 0 Å². The molecule has 0 saturated heterocycles. The van der Waals surface area contributed by atoms with Crippen LogP contribution in [0.15, 0.2) is 47.4 Å². The van der Waals surface area contributed by atoms with Crippen molar-refractivity contribution >= 4 is 17.5 Å². The predicted octanol–water partition coefficient (Wildman–Crippen LogP) is 1.52. The lowest BCUT2D eigenvalue weighted by atomic mass is 10.2. The van der Waals surface area contributed by atoms with Gasteiger partial charge in [0.05, 0.1) is 18.7 Å². The van der Waals surface area contributed by atoms with E-state index in [0.29, 0.717) is 36.8 Å². The van der Waals surface area contributed by atoms with Crippen molar-refractivity contribution in [3.63, 3.8) is 0 Å². The number of nitrogens with one attached hydrogen (secondary N) is 2. The summed E-state index contributed by atoms with van der Waals surface area (Å²) < 4.78 is 6.41. The fourth-order valence-corrected chi connectivity index (χ4v) is 2.46. The quantitative estimate of drug-likeness (QED) is 0.662. The Morgan fingerprint density at radius 2 is 1.96 bits per heavy atom. The minimum Gasteiger partial charge on any atom is -0.383 e. The highest BCUT2D eigenvalue weighted by atomic mass is 35.5. The molecule has 7 heteroatoms. The standard InChI is InChI=1S/C18H22ClN3O3/c1-25-11-10-20-8-9-21-18(24)15-6-7-17(23)22(13-15)12-14-4-2-3-5-16(14)19/h2-7,13,20H,8-12H2,1H3,(H,21,24). The number of ether oxygens (including phenoxy) is 1. The number of amides is 1. The van der Waals surface area contributed by atoms with Crippen LogP contribution in [0.2, 0.25) is 5.02 Å². The largest absolute Gasteiger partial charge is 0.383 e. The molecule has 0 aliphatic heterocycles. The van der Waals surface area contributed by atoms with E-state index in [1.165, 1.54) is 16.7 Å². The van der Waals surface area contributed by atoms with Crippen LogP contribution in [0, 0.1) is 0 Å². The summed E-state index contributed by atoms with van der Waals surface area (Å²) in [5.41, 5.74) is 1.08. The van der Waals surface area contributed by atoms with E-state index in [-0.39, 0.29) is 11.5 Å². The van der Waals surface area contributed by atoms with Crippen molar-refractivity contribution in [3.8, 4) is 0 Å². The number of nitrogens with zero attached hydrogens (tertiary/aromatic N) is 1. The van der Waals surface area contributed by atoms with E-state index in [1.54, 1.807) is 19.4 Å². The first-order valence-electron chi connectivity index (χ1n) is 8.03. The molecule has 0 saturated carbocycles. The summed E-state index contributed by atoms with van der Waals surface area (Å²) >= 11 is 6.14. The zero-order valence-corrected chi connectivity index (χ0v) is 14.9. The minimum absolute atomic E-state index is 0.183. The average Bonchev–Trinajstić information content (AvgIpc) is 2.61. The molecule has 0 fully saturated rings. The topological polar surface area (TPSA) is 72.4 Å². The first-order chi connectivity index (χ1) is 12.1. The number of aromatic nitrogens is 1. The number of hydrogen-bond acceptors (Lipinski definition) is 4. The van der Waals surface area contributed by atoms with Crippen LogP contribution in [0.25, 0.3) is 0 Å². The zero-order chi connectivity index (χ0) is 18.1. The van der Waals surface area contributed by atoms with Crippen molar-refractivity contribution in [1.82, 2.24) is 15.2 Å². The number of carbonyl (C=O) groups excluding carboxylic acids is 1. The van der Waals surface area contributed by atoms with Gasteiger partial charge in [0.25, 0.3) is 11.5 Å². The Bertz CT molecular complexity index is 761.